The van der Waals surface area contributed by atoms with Gasteiger partial charge in [-0.2, -0.15) is 0 Å². The van der Waals surface area contributed by atoms with Crippen LogP contribution in [0.15, 0.2) is 60.7 Å². The molecule has 2 amide bonds. The summed E-state index contributed by atoms with van der Waals surface area (Å²) in [5.74, 6) is -0.226. The SMILES string of the molecule is O=C(NCCNC(=O)c1ccc(O[C@H]2CC[C@@H](C(=O)O)CC2)cc1C1CC1)c1ccc2ccccc2c1. The molecule has 192 valence electrons. The van der Waals surface area contributed by atoms with E-state index in [4.69, 9.17) is 4.74 Å². The van der Waals surface area contributed by atoms with Crippen LogP contribution < -0.4 is 15.4 Å². The molecule has 0 unspecified atom stereocenters. The van der Waals surface area contributed by atoms with E-state index in [2.05, 4.69) is 10.6 Å². The van der Waals surface area contributed by atoms with Gasteiger partial charge in [-0.1, -0.05) is 30.3 Å². The minimum atomic E-state index is -0.724. The van der Waals surface area contributed by atoms with Crippen molar-refractivity contribution in [1.29, 1.82) is 0 Å². The molecule has 2 saturated carbocycles. The highest BCUT2D eigenvalue weighted by Gasteiger charge is 2.30. The molecule has 37 heavy (non-hydrogen) atoms. The van der Waals surface area contributed by atoms with Gasteiger partial charge in [-0.3, -0.25) is 14.4 Å². The molecule has 3 aromatic rings. The van der Waals surface area contributed by atoms with Gasteiger partial charge < -0.3 is 20.5 Å². The highest BCUT2D eigenvalue weighted by molar-refractivity contribution is 5.99. The van der Waals surface area contributed by atoms with Gasteiger partial charge in [0.2, 0.25) is 0 Å². The Bertz CT molecular complexity index is 1310. The van der Waals surface area contributed by atoms with Crippen molar-refractivity contribution in [2.24, 2.45) is 5.92 Å². The Hall–Kier alpha value is -3.87. The van der Waals surface area contributed by atoms with E-state index in [0.29, 0.717) is 43.0 Å². The molecule has 7 heteroatoms. The van der Waals surface area contributed by atoms with Gasteiger partial charge in [0.25, 0.3) is 11.8 Å². The third-order valence-corrected chi connectivity index (χ3v) is 7.32. The second kappa shape index (κ2) is 11.0. The lowest BCUT2D eigenvalue weighted by Crippen LogP contribution is -2.35. The summed E-state index contributed by atoms with van der Waals surface area (Å²) in [7, 11) is 0. The fourth-order valence-electron chi connectivity index (χ4n) is 5.05. The van der Waals surface area contributed by atoms with Gasteiger partial charge in [-0.25, -0.2) is 0 Å². The van der Waals surface area contributed by atoms with E-state index in [1.165, 1.54) is 0 Å². The smallest absolute Gasteiger partial charge is 0.306 e. The maximum atomic E-state index is 12.9. The van der Waals surface area contributed by atoms with E-state index in [0.717, 1.165) is 47.8 Å². The molecule has 2 aliphatic carbocycles. The summed E-state index contributed by atoms with van der Waals surface area (Å²) in [6, 6.07) is 19.1. The van der Waals surface area contributed by atoms with Crippen LogP contribution in [0.4, 0.5) is 0 Å². The highest BCUT2D eigenvalue weighted by atomic mass is 16.5. The lowest BCUT2D eigenvalue weighted by atomic mass is 9.87. The molecule has 0 aliphatic heterocycles. The number of ether oxygens (including phenoxy) is 1. The van der Waals surface area contributed by atoms with Crippen molar-refractivity contribution >= 4 is 28.6 Å². The normalized spacial score (nSPS) is 19.2. The molecule has 0 spiro atoms. The molecule has 0 aromatic heterocycles. The van der Waals surface area contributed by atoms with Crippen LogP contribution in [0.1, 0.15) is 70.7 Å². The summed E-state index contributed by atoms with van der Waals surface area (Å²) in [5.41, 5.74) is 2.23. The number of carbonyl (C=O) groups is 3. The fraction of sp³-hybridized carbons (Fsp3) is 0.367. The third kappa shape index (κ3) is 6.10. The Kier molecular flexibility index (Phi) is 7.40. The van der Waals surface area contributed by atoms with E-state index in [1.54, 1.807) is 6.07 Å². The van der Waals surface area contributed by atoms with Crippen LogP contribution in [0.5, 0.6) is 5.75 Å². The van der Waals surface area contributed by atoms with Gasteiger partial charge in [0.05, 0.1) is 12.0 Å². The number of benzene rings is 3. The molecule has 0 saturated heterocycles. The van der Waals surface area contributed by atoms with Crippen molar-refractivity contribution < 1.29 is 24.2 Å². The first-order valence-corrected chi connectivity index (χ1v) is 13.1. The molecule has 7 nitrogen and oxygen atoms in total. The predicted molar refractivity (Wildman–Crippen MR) is 141 cm³/mol. The van der Waals surface area contributed by atoms with Crippen molar-refractivity contribution in [2.75, 3.05) is 13.1 Å². The third-order valence-electron chi connectivity index (χ3n) is 7.32. The minimum absolute atomic E-state index is 0.00791. The number of carboxylic acids is 1. The van der Waals surface area contributed by atoms with E-state index in [9.17, 15) is 19.5 Å². The zero-order valence-corrected chi connectivity index (χ0v) is 20.7. The molecule has 3 aromatic carbocycles. The number of carboxylic acid groups (broad SMARTS) is 1. The molecular formula is C30H32N2O5. The number of nitrogens with one attached hydrogen (secondary N) is 2. The van der Waals surface area contributed by atoms with Gasteiger partial charge in [0.1, 0.15) is 5.75 Å². The van der Waals surface area contributed by atoms with Crippen LogP contribution in [0.25, 0.3) is 10.8 Å². The maximum absolute atomic E-state index is 12.9. The summed E-state index contributed by atoms with van der Waals surface area (Å²) in [6.07, 6.45) is 4.82. The second-order valence-electron chi connectivity index (χ2n) is 10.0. The minimum Gasteiger partial charge on any atom is -0.490 e. The summed E-state index contributed by atoms with van der Waals surface area (Å²) >= 11 is 0. The Balaban J connectivity index is 1.13. The van der Waals surface area contributed by atoms with Gasteiger partial charge >= 0.3 is 5.97 Å². The molecule has 0 atom stereocenters. The average molecular weight is 501 g/mol. The van der Waals surface area contributed by atoms with Gasteiger partial charge in [0.15, 0.2) is 0 Å². The summed E-state index contributed by atoms with van der Waals surface area (Å²) < 4.78 is 6.16. The molecule has 5 rings (SSSR count). The van der Waals surface area contributed by atoms with E-state index >= 15 is 0 Å². The number of fused-ring (bicyclic) bond motifs is 1. The van der Waals surface area contributed by atoms with Crippen LogP contribution in [0.2, 0.25) is 0 Å². The number of rotatable bonds is 9. The van der Waals surface area contributed by atoms with Gasteiger partial charge in [0, 0.05) is 24.2 Å². The molecule has 2 aliphatic rings. The molecule has 0 heterocycles. The number of hydrogen-bond acceptors (Lipinski definition) is 4. The highest BCUT2D eigenvalue weighted by Crippen LogP contribution is 2.43. The van der Waals surface area contributed by atoms with Gasteiger partial charge in [-0.05, 0) is 91.1 Å². The Morgan fingerprint density at radius 2 is 1.49 bits per heavy atom. The van der Waals surface area contributed by atoms with Crippen molar-refractivity contribution in [1.82, 2.24) is 10.6 Å². The Labute approximate surface area is 216 Å². The maximum Gasteiger partial charge on any atom is 0.306 e. The first-order valence-electron chi connectivity index (χ1n) is 13.1. The monoisotopic (exact) mass is 500 g/mol. The van der Waals surface area contributed by atoms with Crippen LogP contribution in [-0.2, 0) is 4.79 Å². The van der Waals surface area contributed by atoms with Crippen LogP contribution in [0, 0.1) is 5.92 Å². The molecule has 0 bridgehead atoms. The van der Waals surface area contributed by atoms with Crippen molar-refractivity contribution in [3.8, 4) is 5.75 Å². The first kappa shape index (κ1) is 24.8. The van der Waals surface area contributed by atoms with E-state index in [1.807, 2.05) is 54.6 Å². The van der Waals surface area contributed by atoms with Gasteiger partial charge in [-0.15, -0.1) is 0 Å². The van der Waals surface area contributed by atoms with Crippen molar-refractivity contribution in [2.45, 2.75) is 50.5 Å². The number of aliphatic carboxylic acids is 1. The summed E-state index contributed by atoms with van der Waals surface area (Å²) in [5, 5.41) is 17.1. The van der Waals surface area contributed by atoms with Crippen LogP contribution in [0.3, 0.4) is 0 Å². The summed E-state index contributed by atoms with van der Waals surface area (Å²) in [4.78, 5) is 36.7. The largest absolute Gasteiger partial charge is 0.490 e. The zero-order valence-electron chi connectivity index (χ0n) is 20.7. The van der Waals surface area contributed by atoms with Crippen LogP contribution >= 0.6 is 0 Å². The fourth-order valence-corrected chi connectivity index (χ4v) is 5.05. The number of hydrogen-bond donors (Lipinski definition) is 3. The van der Waals surface area contributed by atoms with E-state index < -0.39 is 5.97 Å². The zero-order chi connectivity index (χ0) is 25.8. The Morgan fingerprint density at radius 1 is 0.784 bits per heavy atom. The molecule has 0 radical (unpaired) electrons. The molecule has 2 fully saturated rings. The Morgan fingerprint density at radius 3 is 2.19 bits per heavy atom. The first-order chi connectivity index (χ1) is 18.0. The topological polar surface area (TPSA) is 105 Å². The van der Waals surface area contributed by atoms with Crippen molar-refractivity contribution in [3.05, 3.63) is 77.4 Å². The predicted octanol–water partition coefficient (Wildman–Crippen LogP) is 4.90. The van der Waals surface area contributed by atoms with Crippen molar-refractivity contribution in [3.63, 3.8) is 0 Å². The lowest BCUT2D eigenvalue weighted by molar-refractivity contribution is -0.143. The molecular weight excluding hydrogens is 468 g/mol. The van der Waals surface area contributed by atoms with Crippen LogP contribution in [-0.4, -0.2) is 42.1 Å². The summed E-state index contributed by atoms with van der Waals surface area (Å²) in [6.45, 7) is 0.656. The second-order valence-corrected chi connectivity index (χ2v) is 10.0. The average Bonchev–Trinajstić information content (AvgIpc) is 3.76. The molecule has 3 N–H and O–H groups in total. The number of carbonyl (C=O) groups excluding carboxylic acids is 2. The quantitative estimate of drug-likeness (QED) is 0.363. The number of amides is 2. The standard InChI is InChI=1S/C30H32N2O5/c33-28(23-8-5-19-3-1-2-4-22(19)17-23)31-15-16-32-29(34)26-14-13-25(18-27(26)20-6-7-20)37-24-11-9-21(10-12-24)30(35)36/h1-5,8,13-14,17-18,20-21,24H,6-7,9-12,15-16H2,(H,31,33)(H,32,34)(H,35,36)/t21-,24+. The lowest BCUT2D eigenvalue weighted by Gasteiger charge is -2.27. The van der Waals surface area contributed by atoms with E-state index in [-0.39, 0.29) is 23.8 Å².